The van der Waals surface area contributed by atoms with Crippen molar-refractivity contribution in [1.29, 1.82) is 0 Å². The van der Waals surface area contributed by atoms with Gasteiger partial charge in [0.25, 0.3) is 5.91 Å². The lowest BCUT2D eigenvalue weighted by Crippen LogP contribution is -2.41. The van der Waals surface area contributed by atoms with Crippen molar-refractivity contribution >= 4 is 11.9 Å². The topological polar surface area (TPSA) is 77.1 Å². The zero-order chi connectivity index (χ0) is 19.4. The van der Waals surface area contributed by atoms with Gasteiger partial charge in [0.15, 0.2) is 0 Å². The summed E-state index contributed by atoms with van der Waals surface area (Å²) in [6.45, 7) is 2.05. The standard InChI is InChI=1S/C20H22N2O5/c1-20(14-4-6-15(25-2)7-5-14)18(23)22(19(24)21-20)12-13-27-17-10-8-16(26-3)9-11-17/h4-11H,12-13H2,1-3H3,(H,21,24)/t20-/m1/s1. The molecule has 0 radical (unpaired) electrons. The Morgan fingerprint density at radius 3 is 1.96 bits per heavy atom. The monoisotopic (exact) mass is 370 g/mol. The second kappa shape index (κ2) is 7.57. The van der Waals surface area contributed by atoms with Crippen molar-refractivity contribution in [2.45, 2.75) is 12.5 Å². The Balaban J connectivity index is 1.64. The second-order valence-electron chi connectivity index (χ2n) is 6.26. The number of urea groups is 1. The molecule has 1 heterocycles. The van der Waals surface area contributed by atoms with Gasteiger partial charge >= 0.3 is 6.03 Å². The number of methoxy groups -OCH3 is 2. The van der Waals surface area contributed by atoms with Crippen molar-refractivity contribution in [1.82, 2.24) is 10.2 Å². The van der Waals surface area contributed by atoms with Crippen LogP contribution in [0.2, 0.25) is 0 Å². The molecule has 3 amide bonds. The fourth-order valence-corrected chi connectivity index (χ4v) is 2.95. The van der Waals surface area contributed by atoms with Crippen LogP contribution in [0.15, 0.2) is 48.5 Å². The molecule has 1 aliphatic rings. The highest BCUT2D eigenvalue weighted by molar-refractivity contribution is 6.07. The number of carbonyl (C=O) groups is 2. The van der Waals surface area contributed by atoms with E-state index in [1.807, 2.05) is 0 Å². The van der Waals surface area contributed by atoms with Gasteiger partial charge in [-0.15, -0.1) is 0 Å². The van der Waals surface area contributed by atoms with E-state index in [1.165, 1.54) is 4.90 Å². The predicted octanol–water partition coefficient (Wildman–Crippen LogP) is 2.55. The molecule has 2 aromatic rings. The number of carbonyl (C=O) groups excluding carboxylic acids is 2. The van der Waals surface area contributed by atoms with Crippen molar-refractivity contribution in [3.63, 3.8) is 0 Å². The fourth-order valence-electron chi connectivity index (χ4n) is 2.95. The highest BCUT2D eigenvalue weighted by Gasteiger charge is 2.48. The Morgan fingerprint density at radius 1 is 0.889 bits per heavy atom. The molecule has 3 rings (SSSR count). The fraction of sp³-hybridized carbons (Fsp3) is 0.300. The number of rotatable bonds is 7. The van der Waals surface area contributed by atoms with Crippen molar-refractivity contribution in [3.8, 4) is 17.2 Å². The first-order valence-electron chi connectivity index (χ1n) is 8.53. The number of amides is 3. The van der Waals surface area contributed by atoms with E-state index >= 15 is 0 Å². The van der Waals surface area contributed by atoms with Gasteiger partial charge < -0.3 is 19.5 Å². The minimum absolute atomic E-state index is 0.155. The molecule has 1 saturated heterocycles. The minimum atomic E-state index is -1.11. The molecule has 7 heteroatoms. The molecule has 1 N–H and O–H groups in total. The van der Waals surface area contributed by atoms with Gasteiger partial charge in [-0.25, -0.2) is 4.79 Å². The van der Waals surface area contributed by atoms with Gasteiger partial charge in [0.05, 0.1) is 20.8 Å². The smallest absolute Gasteiger partial charge is 0.325 e. The van der Waals surface area contributed by atoms with Gasteiger partial charge in [0.1, 0.15) is 29.4 Å². The average molecular weight is 370 g/mol. The Morgan fingerprint density at radius 2 is 1.41 bits per heavy atom. The van der Waals surface area contributed by atoms with Crippen LogP contribution in [0.4, 0.5) is 4.79 Å². The van der Waals surface area contributed by atoms with Crippen LogP contribution in [-0.2, 0) is 10.3 Å². The number of nitrogens with one attached hydrogen (secondary N) is 1. The lowest BCUT2D eigenvalue weighted by molar-refractivity contribution is -0.131. The summed E-state index contributed by atoms with van der Waals surface area (Å²) in [7, 11) is 3.16. The Hall–Kier alpha value is -3.22. The summed E-state index contributed by atoms with van der Waals surface area (Å²) in [5, 5.41) is 2.77. The molecule has 1 aliphatic heterocycles. The summed E-state index contributed by atoms with van der Waals surface area (Å²) in [5.41, 5.74) is -0.413. The Labute approximate surface area is 157 Å². The molecule has 0 aromatic heterocycles. The predicted molar refractivity (Wildman–Crippen MR) is 99.1 cm³/mol. The van der Waals surface area contributed by atoms with E-state index in [0.717, 1.165) is 5.75 Å². The van der Waals surface area contributed by atoms with E-state index in [-0.39, 0.29) is 19.1 Å². The molecule has 0 spiro atoms. The van der Waals surface area contributed by atoms with E-state index in [9.17, 15) is 9.59 Å². The number of nitrogens with zero attached hydrogens (tertiary/aromatic N) is 1. The van der Waals surface area contributed by atoms with E-state index in [4.69, 9.17) is 14.2 Å². The molecule has 0 aliphatic carbocycles. The summed E-state index contributed by atoms with van der Waals surface area (Å²) in [6, 6.07) is 13.7. The maximum absolute atomic E-state index is 12.9. The lowest BCUT2D eigenvalue weighted by atomic mass is 9.92. The molecular formula is C20H22N2O5. The number of hydrogen-bond acceptors (Lipinski definition) is 5. The zero-order valence-electron chi connectivity index (χ0n) is 15.5. The minimum Gasteiger partial charge on any atom is -0.497 e. The van der Waals surface area contributed by atoms with Crippen molar-refractivity contribution in [2.24, 2.45) is 0 Å². The summed E-state index contributed by atoms with van der Waals surface area (Å²) < 4.78 is 15.9. The van der Waals surface area contributed by atoms with E-state index in [2.05, 4.69) is 5.32 Å². The van der Waals surface area contributed by atoms with E-state index < -0.39 is 11.6 Å². The van der Waals surface area contributed by atoms with Gasteiger partial charge in [-0.1, -0.05) is 12.1 Å². The largest absolute Gasteiger partial charge is 0.497 e. The summed E-state index contributed by atoms with van der Waals surface area (Å²) in [4.78, 5) is 26.4. The van der Waals surface area contributed by atoms with Crippen LogP contribution in [0.5, 0.6) is 17.2 Å². The summed E-state index contributed by atoms with van der Waals surface area (Å²) >= 11 is 0. The number of ether oxygens (including phenoxy) is 3. The zero-order valence-corrected chi connectivity index (χ0v) is 15.5. The van der Waals surface area contributed by atoms with Crippen LogP contribution in [0, 0.1) is 0 Å². The van der Waals surface area contributed by atoms with Crippen molar-refractivity contribution in [3.05, 3.63) is 54.1 Å². The number of hydrogen-bond donors (Lipinski definition) is 1. The first-order chi connectivity index (χ1) is 13.0. The third-order valence-corrected chi connectivity index (χ3v) is 4.59. The SMILES string of the molecule is COc1ccc(OCCN2C(=O)N[C@](C)(c3ccc(OC)cc3)C2=O)cc1. The van der Waals surface area contributed by atoms with Crippen LogP contribution in [-0.4, -0.2) is 44.2 Å². The van der Waals surface area contributed by atoms with Gasteiger partial charge in [-0.05, 0) is 48.9 Å². The average Bonchev–Trinajstić information content (AvgIpc) is 2.92. The molecule has 1 fully saturated rings. The van der Waals surface area contributed by atoms with Crippen LogP contribution < -0.4 is 19.5 Å². The third-order valence-electron chi connectivity index (χ3n) is 4.59. The van der Waals surface area contributed by atoms with Gasteiger partial charge in [-0.3, -0.25) is 9.69 Å². The molecule has 2 aromatic carbocycles. The van der Waals surface area contributed by atoms with Gasteiger partial charge in [0, 0.05) is 0 Å². The second-order valence-corrected chi connectivity index (χ2v) is 6.26. The Kier molecular flexibility index (Phi) is 5.21. The maximum atomic E-state index is 12.9. The van der Waals surface area contributed by atoms with Crippen molar-refractivity contribution < 1.29 is 23.8 Å². The number of benzene rings is 2. The molecular weight excluding hydrogens is 348 g/mol. The summed E-state index contributed by atoms with van der Waals surface area (Å²) in [6.07, 6.45) is 0. The molecule has 142 valence electrons. The van der Waals surface area contributed by atoms with Gasteiger partial charge in [0.2, 0.25) is 0 Å². The van der Waals surface area contributed by atoms with Crippen LogP contribution in [0.3, 0.4) is 0 Å². The third kappa shape index (κ3) is 3.67. The molecule has 7 nitrogen and oxygen atoms in total. The van der Waals surface area contributed by atoms with Crippen molar-refractivity contribution in [2.75, 3.05) is 27.4 Å². The highest BCUT2D eigenvalue weighted by atomic mass is 16.5. The first kappa shape index (κ1) is 18.6. The highest BCUT2D eigenvalue weighted by Crippen LogP contribution is 2.30. The first-order valence-corrected chi connectivity index (χ1v) is 8.53. The van der Waals surface area contributed by atoms with E-state index in [0.29, 0.717) is 17.1 Å². The lowest BCUT2D eigenvalue weighted by Gasteiger charge is -2.22. The molecule has 0 saturated carbocycles. The van der Waals surface area contributed by atoms with Crippen LogP contribution >= 0.6 is 0 Å². The molecule has 1 atom stereocenters. The van der Waals surface area contributed by atoms with E-state index in [1.54, 1.807) is 69.7 Å². The Bertz CT molecular complexity index is 819. The quantitative estimate of drug-likeness (QED) is 0.758. The summed E-state index contributed by atoms with van der Waals surface area (Å²) in [5.74, 6) is 1.74. The normalized spacial score (nSPS) is 19.0. The van der Waals surface area contributed by atoms with Gasteiger partial charge in [-0.2, -0.15) is 0 Å². The van der Waals surface area contributed by atoms with Crippen LogP contribution in [0.1, 0.15) is 12.5 Å². The maximum Gasteiger partial charge on any atom is 0.325 e. The number of imide groups is 1. The van der Waals surface area contributed by atoms with Crippen LogP contribution in [0.25, 0.3) is 0 Å². The molecule has 27 heavy (non-hydrogen) atoms. The molecule has 0 unspecified atom stereocenters. The molecule has 0 bridgehead atoms.